The maximum Gasteiger partial charge on any atom is 0.392 e. The molecule has 0 saturated carbocycles. The number of halogens is 3. The van der Waals surface area contributed by atoms with Crippen molar-refractivity contribution in [3.63, 3.8) is 0 Å². The van der Waals surface area contributed by atoms with Crippen LogP contribution >= 0.6 is 11.8 Å². The van der Waals surface area contributed by atoms with E-state index in [-0.39, 0.29) is 5.75 Å². The molecule has 1 saturated heterocycles. The monoisotopic (exact) mass is 156 g/mol. The number of hydrogen-bond donors (Lipinski definition) is 0. The molecule has 0 radical (unpaired) electrons. The third-order valence-electron chi connectivity index (χ3n) is 1.39. The third-order valence-corrected chi connectivity index (χ3v) is 2.56. The van der Waals surface area contributed by atoms with Gasteiger partial charge in [0.15, 0.2) is 0 Å². The Balaban J connectivity index is 2.42. The molecule has 1 rings (SSSR count). The van der Waals surface area contributed by atoms with Gasteiger partial charge in [-0.2, -0.15) is 24.9 Å². The third kappa shape index (κ3) is 1.78. The number of thioether (sulfide) groups is 1. The first-order chi connectivity index (χ1) is 4.11. The van der Waals surface area contributed by atoms with E-state index in [1.165, 1.54) is 11.8 Å². The minimum atomic E-state index is -3.94. The van der Waals surface area contributed by atoms with Crippen LogP contribution in [0.2, 0.25) is 0 Å². The molecule has 0 N–H and O–H groups in total. The summed E-state index contributed by atoms with van der Waals surface area (Å²) in [6.45, 7) is 0. The summed E-state index contributed by atoms with van der Waals surface area (Å²) >= 11 is 1.39. The van der Waals surface area contributed by atoms with Crippen molar-refractivity contribution in [3.8, 4) is 0 Å². The molecule has 0 aliphatic carbocycles. The number of hydrogen-bond acceptors (Lipinski definition) is 1. The average Bonchev–Trinajstić information content (AvgIpc) is 2.08. The van der Waals surface area contributed by atoms with E-state index in [2.05, 4.69) is 0 Å². The van der Waals surface area contributed by atoms with E-state index in [4.69, 9.17) is 0 Å². The van der Waals surface area contributed by atoms with Crippen LogP contribution in [0.15, 0.2) is 0 Å². The lowest BCUT2D eigenvalue weighted by molar-refractivity contribution is -0.166. The lowest BCUT2D eigenvalue weighted by Gasteiger charge is -2.11. The van der Waals surface area contributed by atoms with E-state index in [9.17, 15) is 13.2 Å². The first kappa shape index (κ1) is 7.25. The van der Waals surface area contributed by atoms with Crippen molar-refractivity contribution < 1.29 is 13.2 Å². The van der Waals surface area contributed by atoms with Gasteiger partial charge < -0.3 is 0 Å². The fourth-order valence-corrected chi connectivity index (χ4v) is 2.05. The topological polar surface area (TPSA) is 0 Å². The van der Waals surface area contributed by atoms with E-state index >= 15 is 0 Å². The molecular formula is C5H7F3S. The van der Waals surface area contributed by atoms with Crippen LogP contribution in [0.3, 0.4) is 0 Å². The van der Waals surface area contributed by atoms with Gasteiger partial charge in [0, 0.05) is 5.75 Å². The summed E-state index contributed by atoms with van der Waals surface area (Å²) in [5.74, 6) is -0.0873. The molecule has 0 nitrogen and oxygen atoms in total. The van der Waals surface area contributed by atoms with E-state index in [0.717, 1.165) is 0 Å². The molecule has 1 fully saturated rings. The predicted molar refractivity (Wildman–Crippen MR) is 31.5 cm³/mol. The fourth-order valence-electron chi connectivity index (χ4n) is 0.793. The lowest BCUT2D eigenvalue weighted by Crippen LogP contribution is -2.21. The molecule has 0 spiro atoms. The molecule has 0 bridgehead atoms. The molecule has 1 unspecified atom stereocenters. The largest absolute Gasteiger partial charge is 0.392 e. The SMILES string of the molecule is FC(F)(F)C1CCSC1. The smallest absolute Gasteiger partial charge is 0.171 e. The van der Waals surface area contributed by atoms with Gasteiger partial charge in [-0.25, -0.2) is 0 Å². The molecule has 1 aliphatic heterocycles. The van der Waals surface area contributed by atoms with Crippen molar-refractivity contribution in [2.24, 2.45) is 5.92 Å². The minimum Gasteiger partial charge on any atom is -0.171 e. The van der Waals surface area contributed by atoms with Crippen molar-refractivity contribution in [3.05, 3.63) is 0 Å². The Hall–Kier alpha value is 0.140. The zero-order chi connectivity index (χ0) is 6.91. The van der Waals surface area contributed by atoms with Crippen molar-refractivity contribution >= 4 is 11.8 Å². The Morgan fingerprint density at radius 3 is 2.22 bits per heavy atom. The van der Waals surface area contributed by atoms with Crippen molar-refractivity contribution in [1.29, 1.82) is 0 Å². The zero-order valence-corrected chi connectivity index (χ0v) is 5.56. The Labute approximate surface area is 55.8 Å². The Bertz CT molecular complexity index is 92.9. The van der Waals surface area contributed by atoms with Gasteiger partial charge in [-0.05, 0) is 12.2 Å². The van der Waals surface area contributed by atoms with Gasteiger partial charge in [-0.3, -0.25) is 0 Å². The second-order valence-corrected chi connectivity index (χ2v) is 3.25. The van der Waals surface area contributed by atoms with E-state index < -0.39 is 12.1 Å². The summed E-state index contributed by atoms with van der Waals surface area (Å²) in [6.07, 6.45) is -3.63. The standard InChI is InChI=1S/C5H7F3S/c6-5(7,8)4-1-2-9-3-4/h4H,1-3H2. The summed E-state index contributed by atoms with van der Waals surface area (Å²) < 4.78 is 35.2. The summed E-state index contributed by atoms with van der Waals surface area (Å²) in [5.41, 5.74) is 0. The van der Waals surface area contributed by atoms with Crippen molar-refractivity contribution in [1.82, 2.24) is 0 Å². The highest BCUT2D eigenvalue weighted by molar-refractivity contribution is 7.99. The summed E-state index contributed by atoms with van der Waals surface area (Å²) in [4.78, 5) is 0. The van der Waals surface area contributed by atoms with Gasteiger partial charge in [0.1, 0.15) is 0 Å². The maximum absolute atomic E-state index is 11.7. The van der Waals surface area contributed by atoms with Gasteiger partial charge in [0.2, 0.25) is 0 Å². The van der Waals surface area contributed by atoms with Crippen molar-refractivity contribution in [2.75, 3.05) is 11.5 Å². The quantitative estimate of drug-likeness (QED) is 0.518. The van der Waals surface area contributed by atoms with Crippen LogP contribution in [-0.2, 0) is 0 Å². The highest BCUT2D eigenvalue weighted by Gasteiger charge is 2.41. The van der Waals surface area contributed by atoms with Crippen LogP contribution in [0.1, 0.15) is 6.42 Å². The van der Waals surface area contributed by atoms with Crippen LogP contribution in [0.4, 0.5) is 13.2 Å². The first-order valence-electron chi connectivity index (χ1n) is 2.75. The van der Waals surface area contributed by atoms with Gasteiger partial charge in [-0.1, -0.05) is 0 Å². The molecule has 9 heavy (non-hydrogen) atoms. The second kappa shape index (κ2) is 2.40. The van der Waals surface area contributed by atoms with Crippen LogP contribution in [0.25, 0.3) is 0 Å². The van der Waals surface area contributed by atoms with Gasteiger partial charge in [-0.15, -0.1) is 0 Å². The summed E-state index contributed by atoms with van der Waals surface area (Å²) in [5, 5.41) is 0. The Kier molecular flexibility index (Phi) is 1.94. The summed E-state index contributed by atoms with van der Waals surface area (Å²) in [7, 11) is 0. The molecule has 54 valence electrons. The predicted octanol–water partition coefficient (Wildman–Crippen LogP) is 2.30. The fraction of sp³-hybridized carbons (Fsp3) is 1.00. The second-order valence-electron chi connectivity index (χ2n) is 2.10. The van der Waals surface area contributed by atoms with E-state index in [1.54, 1.807) is 0 Å². The van der Waals surface area contributed by atoms with Crippen LogP contribution in [-0.4, -0.2) is 17.7 Å². The molecule has 4 heteroatoms. The van der Waals surface area contributed by atoms with Gasteiger partial charge in [0.25, 0.3) is 0 Å². The molecule has 1 aliphatic rings. The number of alkyl halides is 3. The highest BCUT2D eigenvalue weighted by atomic mass is 32.2. The summed E-state index contributed by atoms with van der Waals surface area (Å²) in [6, 6.07) is 0. The highest BCUT2D eigenvalue weighted by Crippen LogP contribution is 2.36. The minimum absolute atomic E-state index is 0.267. The average molecular weight is 156 g/mol. The number of rotatable bonds is 0. The molecule has 1 atom stereocenters. The zero-order valence-electron chi connectivity index (χ0n) is 4.74. The molecular weight excluding hydrogens is 149 g/mol. The van der Waals surface area contributed by atoms with Gasteiger partial charge >= 0.3 is 6.18 Å². The molecule has 0 aromatic carbocycles. The Morgan fingerprint density at radius 2 is 2.00 bits per heavy atom. The normalized spacial score (nSPS) is 29.0. The van der Waals surface area contributed by atoms with Crippen LogP contribution < -0.4 is 0 Å². The van der Waals surface area contributed by atoms with Crippen molar-refractivity contribution in [2.45, 2.75) is 12.6 Å². The first-order valence-corrected chi connectivity index (χ1v) is 3.90. The van der Waals surface area contributed by atoms with Gasteiger partial charge in [0.05, 0.1) is 5.92 Å². The van der Waals surface area contributed by atoms with E-state index in [1.807, 2.05) is 0 Å². The lowest BCUT2D eigenvalue weighted by atomic mass is 10.1. The Morgan fingerprint density at radius 1 is 1.33 bits per heavy atom. The van der Waals surface area contributed by atoms with E-state index in [0.29, 0.717) is 12.2 Å². The van der Waals surface area contributed by atoms with Crippen LogP contribution in [0.5, 0.6) is 0 Å². The molecule has 0 aromatic heterocycles. The molecule has 0 aromatic rings. The maximum atomic E-state index is 11.7. The molecule has 1 heterocycles. The molecule has 0 amide bonds. The van der Waals surface area contributed by atoms with Crippen LogP contribution in [0, 0.1) is 5.92 Å².